The average molecular weight is 226 g/mol. The van der Waals surface area contributed by atoms with Gasteiger partial charge in [0.05, 0.1) is 0 Å². The Labute approximate surface area is 99.2 Å². The second-order valence-corrected chi connectivity index (χ2v) is 5.00. The maximum atomic E-state index is 11.6. The summed E-state index contributed by atoms with van der Waals surface area (Å²) in [6, 6.07) is 0.365. The molecule has 0 radical (unpaired) electrons. The molecule has 1 fully saturated rings. The molecule has 1 atom stereocenters. The van der Waals surface area contributed by atoms with Crippen LogP contribution < -0.4 is 11.1 Å². The Morgan fingerprint density at radius 3 is 2.62 bits per heavy atom. The molecule has 1 aliphatic rings. The fourth-order valence-electron chi connectivity index (χ4n) is 2.51. The van der Waals surface area contributed by atoms with Gasteiger partial charge in [0.1, 0.15) is 0 Å². The van der Waals surface area contributed by atoms with Crippen molar-refractivity contribution in [2.45, 2.75) is 64.3 Å². The van der Waals surface area contributed by atoms with Gasteiger partial charge in [-0.1, -0.05) is 19.3 Å². The van der Waals surface area contributed by atoms with Crippen LogP contribution >= 0.6 is 0 Å². The van der Waals surface area contributed by atoms with Crippen molar-refractivity contribution in [3.05, 3.63) is 0 Å². The first-order valence-corrected chi connectivity index (χ1v) is 6.73. The zero-order valence-corrected chi connectivity index (χ0v) is 10.5. The molecule has 3 nitrogen and oxygen atoms in total. The van der Waals surface area contributed by atoms with Crippen molar-refractivity contribution in [3.8, 4) is 0 Å². The lowest BCUT2D eigenvalue weighted by Gasteiger charge is -2.20. The summed E-state index contributed by atoms with van der Waals surface area (Å²) in [5, 5.41) is 3.13. The van der Waals surface area contributed by atoms with E-state index >= 15 is 0 Å². The maximum Gasteiger partial charge on any atom is 0.220 e. The third kappa shape index (κ3) is 4.97. The highest BCUT2D eigenvalue weighted by Gasteiger charge is 2.22. The fourth-order valence-corrected chi connectivity index (χ4v) is 2.51. The number of carbonyl (C=O) groups is 1. The Kier molecular flexibility index (Phi) is 6.46. The fraction of sp³-hybridized carbons (Fsp3) is 0.923. The van der Waals surface area contributed by atoms with Crippen LogP contribution in [0.25, 0.3) is 0 Å². The minimum Gasteiger partial charge on any atom is -0.353 e. The molecule has 94 valence electrons. The minimum atomic E-state index is 0.219. The molecule has 0 bridgehead atoms. The number of hydrogen-bond donors (Lipinski definition) is 2. The first kappa shape index (κ1) is 13.5. The number of nitrogens with two attached hydrogens (primary N) is 1. The van der Waals surface area contributed by atoms with E-state index in [9.17, 15) is 4.79 Å². The summed E-state index contributed by atoms with van der Waals surface area (Å²) < 4.78 is 0. The Balaban J connectivity index is 2.08. The summed E-state index contributed by atoms with van der Waals surface area (Å²) in [6.07, 6.45) is 8.98. The number of rotatable bonds is 7. The van der Waals surface area contributed by atoms with Crippen molar-refractivity contribution in [3.63, 3.8) is 0 Å². The highest BCUT2D eigenvalue weighted by atomic mass is 16.1. The standard InChI is InChI=1S/C13H26N2O/c1-11(12-7-4-5-8-12)15-13(16)9-3-2-6-10-14/h11-12H,2-10,14H2,1H3,(H,15,16)/t11-/m1/s1. The van der Waals surface area contributed by atoms with Gasteiger partial charge < -0.3 is 11.1 Å². The van der Waals surface area contributed by atoms with Crippen molar-refractivity contribution in [1.82, 2.24) is 5.32 Å². The topological polar surface area (TPSA) is 55.1 Å². The van der Waals surface area contributed by atoms with Gasteiger partial charge in [0, 0.05) is 12.5 Å². The van der Waals surface area contributed by atoms with Gasteiger partial charge in [-0.25, -0.2) is 0 Å². The van der Waals surface area contributed by atoms with Crippen LogP contribution in [0.3, 0.4) is 0 Å². The van der Waals surface area contributed by atoms with Crippen LogP contribution in [0, 0.1) is 5.92 Å². The highest BCUT2D eigenvalue weighted by molar-refractivity contribution is 5.76. The number of hydrogen-bond acceptors (Lipinski definition) is 2. The van der Waals surface area contributed by atoms with Crippen LogP contribution in [0.15, 0.2) is 0 Å². The molecule has 0 saturated heterocycles. The molecule has 0 unspecified atom stereocenters. The quantitative estimate of drug-likeness (QED) is 0.654. The molecule has 1 rings (SSSR count). The van der Waals surface area contributed by atoms with Crippen LogP contribution in [0.4, 0.5) is 0 Å². The Morgan fingerprint density at radius 2 is 2.00 bits per heavy atom. The molecular formula is C13H26N2O. The van der Waals surface area contributed by atoms with E-state index in [0.717, 1.165) is 25.8 Å². The summed E-state index contributed by atoms with van der Waals surface area (Å²) in [7, 11) is 0. The molecule has 3 N–H and O–H groups in total. The maximum absolute atomic E-state index is 11.6. The summed E-state index contributed by atoms with van der Waals surface area (Å²) in [4.78, 5) is 11.6. The van der Waals surface area contributed by atoms with E-state index in [1.807, 2.05) is 0 Å². The Hall–Kier alpha value is -0.570. The predicted molar refractivity (Wildman–Crippen MR) is 67.1 cm³/mol. The van der Waals surface area contributed by atoms with Crippen LogP contribution in [0.1, 0.15) is 58.3 Å². The number of carbonyl (C=O) groups excluding carboxylic acids is 1. The lowest BCUT2D eigenvalue weighted by Crippen LogP contribution is -2.37. The molecule has 1 saturated carbocycles. The third-order valence-electron chi connectivity index (χ3n) is 3.60. The number of nitrogens with one attached hydrogen (secondary N) is 1. The minimum absolute atomic E-state index is 0.219. The molecule has 3 heteroatoms. The Morgan fingerprint density at radius 1 is 1.31 bits per heavy atom. The third-order valence-corrected chi connectivity index (χ3v) is 3.60. The van der Waals surface area contributed by atoms with Gasteiger partial charge >= 0.3 is 0 Å². The second-order valence-electron chi connectivity index (χ2n) is 5.00. The molecule has 0 spiro atoms. The van der Waals surface area contributed by atoms with Gasteiger partial charge in [0.2, 0.25) is 5.91 Å². The van der Waals surface area contributed by atoms with E-state index in [-0.39, 0.29) is 5.91 Å². The SMILES string of the molecule is C[C@@H](NC(=O)CCCCCN)C1CCCC1. The van der Waals surface area contributed by atoms with Crippen molar-refractivity contribution in [2.24, 2.45) is 11.7 Å². The largest absolute Gasteiger partial charge is 0.353 e. The summed E-state index contributed by atoms with van der Waals surface area (Å²) in [5.74, 6) is 0.935. The van der Waals surface area contributed by atoms with Crippen LogP contribution in [0.2, 0.25) is 0 Å². The van der Waals surface area contributed by atoms with Gasteiger partial charge in [0.25, 0.3) is 0 Å². The molecular weight excluding hydrogens is 200 g/mol. The Bertz CT molecular complexity index is 200. The van der Waals surface area contributed by atoms with Crippen molar-refractivity contribution in [2.75, 3.05) is 6.54 Å². The van der Waals surface area contributed by atoms with Crippen LogP contribution in [-0.2, 0) is 4.79 Å². The second kappa shape index (κ2) is 7.66. The summed E-state index contributed by atoms with van der Waals surface area (Å²) in [5.41, 5.74) is 5.41. The van der Waals surface area contributed by atoms with Gasteiger partial charge in [0.15, 0.2) is 0 Å². The molecule has 1 aliphatic carbocycles. The van der Waals surface area contributed by atoms with E-state index in [1.165, 1.54) is 25.7 Å². The first-order valence-electron chi connectivity index (χ1n) is 6.73. The van der Waals surface area contributed by atoms with Gasteiger partial charge in [-0.05, 0) is 45.1 Å². The molecule has 0 heterocycles. The van der Waals surface area contributed by atoms with Crippen molar-refractivity contribution in [1.29, 1.82) is 0 Å². The first-order chi connectivity index (χ1) is 7.74. The lowest BCUT2D eigenvalue weighted by atomic mass is 9.99. The van der Waals surface area contributed by atoms with Crippen LogP contribution in [0.5, 0.6) is 0 Å². The molecule has 0 aromatic heterocycles. The van der Waals surface area contributed by atoms with E-state index in [2.05, 4.69) is 12.2 Å². The molecule has 0 aromatic carbocycles. The van der Waals surface area contributed by atoms with Gasteiger partial charge in [-0.15, -0.1) is 0 Å². The monoisotopic (exact) mass is 226 g/mol. The normalized spacial score (nSPS) is 18.6. The van der Waals surface area contributed by atoms with E-state index in [4.69, 9.17) is 5.73 Å². The summed E-state index contributed by atoms with van der Waals surface area (Å²) >= 11 is 0. The van der Waals surface area contributed by atoms with Crippen molar-refractivity contribution >= 4 is 5.91 Å². The van der Waals surface area contributed by atoms with E-state index in [1.54, 1.807) is 0 Å². The average Bonchev–Trinajstić information content (AvgIpc) is 2.77. The van der Waals surface area contributed by atoms with E-state index < -0.39 is 0 Å². The molecule has 0 aliphatic heterocycles. The molecule has 1 amide bonds. The zero-order chi connectivity index (χ0) is 11.8. The number of amides is 1. The predicted octanol–water partition coefficient (Wildman–Crippen LogP) is 2.20. The van der Waals surface area contributed by atoms with Crippen molar-refractivity contribution < 1.29 is 4.79 Å². The molecule has 0 aromatic rings. The highest BCUT2D eigenvalue weighted by Crippen LogP contribution is 2.27. The van der Waals surface area contributed by atoms with E-state index in [0.29, 0.717) is 18.4 Å². The van der Waals surface area contributed by atoms with Gasteiger partial charge in [-0.3, -0.25) is 4.79 Å². The molecule has 16 heavy (non-hydrogen) atoms. The zero-order valence-electron chi connectivity index (χ0n) is 10.5. The summed E-state index contributed by atoms with van der Waals surface area (Å²) in [6.45, 7) is 2.88. The van der Waals surface area contributed by atoms with Gasteiger partial charge in [-0.2, -0.15) is 0 Å². The smallest absolute Gasteiger partial charge is 0.220 e. The lowest BCUT2D eigenvalue weighted by molar-refractivity contribution is -0.122. The van der Waals surface area contributed by atoms with Crippen LogP contribution in [-0.4, -0.2) is 18.5 Å². The number of unbranched alkanes of at least 4 members (excludes halogenated alkanes) is 2.